The fraction of sp³-hybridized carbons (Fsp3) is 0.0909. The molecule has 0 fully saturated rings. The lowest BCUT2D eigenvalue weighted by atomic mass is 10.2. The van der Waals surface area contributed by atoms with Crippen LogP contribution in [0.2, 0.25) is 0 Å². The Hall–Kier alpha value is -1.88. The fourth-order valence-corrected chi connectivity index (χ4v) is 1.50. The summed E-state index contributed by atoms with van der Waals surface area (Å²) in [5.41, 5.74) is 1.96. The molecule has 0 unspecified atom stereocenters. The van der Waals surface area contributed by atoms with Gasteiger partial charge in [0, 0.05) is 19.4 Å². The molecule has 2 N–H and O–H groups in total. The fourth-order valence-electron chi connectivity index (χ4n) is 1.39. The number of imidazole rings is 1. The third kappa shape index (κ3) is 2.20. The van der Waals surface area contributed by atoms with Gasteiger partial charge in [0.25, 0.3) is 0 Å². The molecule has 0 aliphatic heterocycles. The van der Waals surface area contributed by atoms with E-state index in [0.717, 1.165) is 11.4 Å². The first-order valence-corrected chi connectivity index (χ1v) is 5.28. The summed E-state index contributed by atoms with van der Waals surface area (Å²) in [6.45, 7) is 0. The van der Waals surface area contributed by atoms with Crippen molar-refractivity contribution in [1.82, 2.24) is 14.9 Å². The summed E-state index contributed by atoms with van der Waals surface area (Å²) in [6, 6.07) is 7.91. The van der Waals surface area contributed by atoms with Crippen molar-refractivity contribution < 1.29 is 0 Å². The van der Waals surface area contributed by atoms with Crippen LogP contribution in [0.25, 0.3) is 5.69 Å². The molecular formula is C11H12N4S. The summed E-state index contributed by atoms with van der Waals surface area (Å²) in [5, 5.41) is 6.59. The maximum absolute atomic E-state index is 5.08. The number of hydrogen-bond donors (Lipinski definition) is 2. The van der Waals surface area contributed by atoms with Gasteiger partial charge < -0.3 is 15.2 Å². The van der Waals surface area contributed by atoms with Gasteiger partial charge in [-0.05, 0) is 24.4 Å². The van der Waals surface area contributed by atoms with E-state index >= 15 is 0 Å². The number of rotatable bonds is 2. The van der Waals surface area contributed by atoms with Crippen molar-refractivity contribution in [3.05, 3.63) is 43.0 Å². The maximum atomic E-state index is 5.08. The Morgan fingerprint density at radius 1 is 1.38 bits per heavy atom. The molecule has 1 aromatic heterocycles. The molecule has 0 radical (unpaired) electrons. The number of nitrogens with zero attached hydrogens (tertiary/aromatic N) is 2. The number of benzene rings is 1. The van der Waals surface area contributed by atoms with Gasteiger partial charge in [-0.1, -0.05) is 12.1 Å². The summed E-state index contributed by atoms with van der Waals surface area (Å²) < 4.78 is 1.93. The first-order chi connectivity index (χ1) is 7.81. The van der Waals surface area contributed by atoms with E-state index in [2.05, 4.69) is 15.6 Å². The second-order valence-corrected chi connectivity index (χ2v) is 3.60. The van der Waals surface area contributed by atoms with Crippen molar-refractivity contribution in [3.63, 3.8) is 0 Å². The first kappa shape index (κ1) is 10.6. The second kappa shape index (κ2) is 4.76. The van der Waals surface area contributed by atoms with Gasteiger partial charge in [-0.15, -0.1) is 0 Å². The molecule has 0 saturated heterocycles. The van der Waals surface area contributed by atoms with Crippen LogP contribution in [-0.4, -0.2) is 21.7 Å². The molecule has 0 aliphatic rings. The van der Waals surface area contributed by atoms with Crippen LogP contribution < -0.4 is 10.6 Å². The Labute approximate surface area is 99.3 Å². The van der Waals surface area contributed by atoms with Gasteiger partial charge in [-0.25, -0.2) is 4.98 Å². The Morgan fingerprint density at radius 3 is 2.88 bits per heavy atom. The van der Waals surface area contributed by atoms with Gasteiger partial charge in [0.15, 0.2) is 5.11 Å². The van der Waals surface area contributed by atoms with Crippen LogP contribution in [0.5, 0.6) is 0 Å². The van der Waals surface area contributed by atoms with E-state index in [-0.39, 0.29) is 0 Å². The molecule has 5 heteroatoms. The highest BCUT2D eigenvalue weighted by Gasteiger charge is 2.03. The van der Waals surface area contributed by atoms with Gasteiger partial charge >= 0.3 is 0 Å². The minimum absolute atomic E-state index is 0.590. The van der Waals surface area contributed by atoms with Crippen molar-refractivity contribution in [3.8, 4) is 5.69 Å². The minimum Gasteiger partial charge on any atom is -0.366 e. The second-order valence-electron chi connectivity index (χ2n) is 3.19. The molecule has 82 valence electrons. The summed E-state index contributed by atoms with van der Waals surface area (Å²) in [4.78, 5) is 4.03. The summed E-state index contributed by atoms with van der Waals surface area (Å²) in [5.74, 6) is 0. The van der Waals surface area contributed by atoms with Gasteiger partial charge in [0.1, 0.15) is 0 Å². The SMILES string of the molecule is CNC(=S)Nc1ccccc1-n1ccnc1. The van der Waals surface area contributed by atoms with E-state index in [1.54, 1.807) is 19.6 Å². The van der Waals surface area contributed by atoms with Crippen LogP contribution in [0.15, 0.2) is 43.0 Å². The zero-order valence-electron chi connectivity index (χ0n) is 8.84. The molecule has 0 bridgehead atoms. The van der Waals surface area contributed by atoms with E-state index in [9.17, 15) is 0 Å². The predicted octanol–water partition coefficient (Wildman–Crippen LogP) is 1.79. The zero-order valence-corrected chi connectivity index (χ0v) is 9.66. The highest BCUT2D eigenvalue weighted by atomic mass is 32.1. The van der Waals surface area contributed by atoms with Gasteiger partial charge in [0.05, 0.1) is 17.7 Å². The van der Waals surface area contributed by atoms with E-state index < -0.39 is 0 Å². The predicted molar refractivity (Wildman–Crippen MR) is 68.8 cm³/mol. The molecule has 0 amide bonds. The van der Waals surface area contributed by atoms with Crippen molar-refractivity contribution in [2.24, 2.45) is 0 Å². The standard InChI is InChI=1S/C11H12N4S/c1-12-11(16)14-9-4-2-3-5-10(9)15-7-6-13-8-15/h2-8H,1H3,(H2,12,14,16). The highest BCUT2D eigenvalue weighted by Crippen LogP contribution is 2.19. The average molecular weight is 232 g/mol. The topological polar surface area (TPSA) is 41.9 Å². The molecule has 2 rings (SSSR count). The monoisotopic (exact) mass is 232 g/mol. The molecule has 1 aromatic carbocycles. The largest absolute Gasteiger partial charge is 0.366 e. The molecule has 0 atom stereocenters. The smallest absolute Gasteiger partial charge is 0.170 e. The molecule has 0 spiro atoms. The third-order valence-corrected chi connectivity index (χ3v) is 2.47. The Bertz CT molecular complexity index is 478. The zero-order chi connectivity index (χ0) is 11.4. The van der Waals surface area contributed by atoms with E-state index in [4.69, 9.17) is 12.2 Å². The van der Waals surface area contributed by atoms with Crippen LogP contribution in [0.3, 0.4) is 0 Å². The normalized spacial score (nSPS) is 9.81. The Morgan fingerprint density at radius 2 is 2.19 bits per heavy atom. The number of hydrogen-bond acceptors (Lipinski definition) is 2. The highest BCUT2D eigenvalue weighted by molar-refractivity contribution is 7.80. The molecule has 1 heterocycles. The van der Waals surface area contributed by atoms with E-state index in [0.29, 0.717) is 5.11 Å². The van der Waals surface area contributed by atoms with Crippen molar-refractivity contribution in [2.75, 3.05) is 12.4 Å². The molecule has 0 aliphatic carbocycles. The Balaban J connectivity index is 2.35. The quantitative estimate of drug-likeness (QED) is 0.775. The Kier molecular flexibility index (Phi) is 3.16. The van der Waals surface area contributed by atoms with Crippen LogP contribution in [-0.2, 0) is 0 Å². The first-order valence-electron chi connectivity index (χ1n) is 4.87. The van der Waals surface area contributed by atoms with E-state index in [1.807, 2.05) is 35.0 Å². The van der Waals surface area contributed by atoms with Crippen molar-refractivity contribution >= 4 is 23.0 Å². The maximum Gasteiger partial charge on any atom is 0.170 e. The van der Waals surface area contributed by atoms with Crippen LogP contribution >= 0.6 is 12.2 Å². The number of thiocarbonyl (C=S) groups is 1. The molecule has 16 heavy (non-hydrogen) atoms. The number of nitrogens with one attached hydrogen (secondary N) is 2. The third-order valence-electron chi connectivity index (χ3n) is 2.16. The lowest BCUT2D eigenvalue weighted by molar-refractivity contribution is 1.06. The molecule has 0 saturated carbocycles. The van der Waals surface area contributed by atoms with Crippen molar-refractivity contribution in [2.45, 2.75) is 0 Å². The average Bonchev–Trinajstić information content (AvgIpc) is 2.83. The van der Waals surface area contributed by atoms with Gasteiger partial charge in [-0.2, -0.15) is 0 Å². The molecular weight excluding hydrogens is 220 g/mol. The van der Waals surface area contributed by atoms with Crippen LogP contribution in [0.1, 0.15) is 0 Å². The lowest BCUT2D eigenvalue weighted by Crippen LogP contribution is -2.24. The summed E-state index contributed by atoms with van der Waals surface area (Å²) in [7, 11) is 1.79. The van der Waals surface area contributed by atoms with Gasteiger partial charge in [-0.3, -0.25) is 0 Å². The number of anilines is 1. The lowest BCUT2D eigenvalue weighted by Gasteiger charge is -2.12. The minimum atomic E-state index is 0.590. The van der Waals surface area contributed by atoms with Crippen LogP contribution in [0.4, 0.5) is 5.69 Å². The van der Waals surface area contributed by atoms with Gasteiger partial charge in [0.2, 0.25) is 0 Å². The number of aromatic nitrogens is 2. The number of para-hydroxylation sites is 2. The van der Waals surface area contributed by atoms with Crippen molar-refractivity contribution in [1.29, 1.82) is 0 Å². The van der Waals surface area contributed by atoms with E-state index in [1.165, 1.54) is 0 Å². The van der Waals surface area contributed by atoms with Crippen LogP contribution in [0, 0.1) is 0 Å². The summed E-state index contributed by atoms with van der Waals surface area (Å²) >= 11 is 5.08. The molecule has 2 aromatic rings. The summed E-state index contributed by atoms with van der Waals surface area (Å²) in [6.07, 6.45) is 5.39. The molecule has 4 nitrogen and oxygen atoms in total.